The van der Waals surface area contributed by atoms with Gasteiger partial charge in [0, 0.05) is 13.7 Å². The number of methoxy groups -OCH3 is 1. The van der Waals surface area contributed by atoms with Gasteiger partial charge in [-0.05, 0) is 25.5 Å². The number of hydrogen-bond acceptors (Lipinski definition) is 6. The standard InChI is InChI=1S/C16H23NO5/c1-11-15(22-12-6-4-3-5-7-12)14(19-2)10-20-9-8-13(17)16(18)21-11/h3-7,11,13-15H,8-10,17H2,1-2H3/t11-,13-,14-,15-/m0/s1. The highest BCUT2D eigenvalue weighted by molar-refractivity contribution is 5.75. The highest BCUT2D eigenvalue weighted by atomic mass is 16.6. The minimum absolute atomic E-state index is 0.350. The van der Waals surface area contributed by atoms with E-state index >= 15 is 0 Å². The quantitative estimate of drug-likeness (QED) is 0.843. The number of ether oxygens (including phenoxy) is 4. The number of carbonyl (C=O) groups excluding carboxylic acids is 1. The van der Waals surface area contributed by atoms with Gasteiger partial charge in [0.25, 0.3) is 0 Å². The van der Waals surface area contributed by atoms with E-state index in [1.807, 2.05) is 30.3 Å². The lowest BCUT2D eigenvalue weighted by molar-refractivity contribution is -0.164. The molecule has 0 aliphatic carbocycles. The van der Waals surface area contributed by atoms with Gasteiger partial charge in [-0.2, -0.15) is 0 Å². The van der Waals surface area contributed by atoms with Gasteiger partial charge in [-0.1, -0.05) is 18.2 Å². The zero-order valence-electron chi connectivity index (χ0n) is 12.9. The van der Waals surface area contributed by atoms with Crippen LogP contribution in [-0.4, -0.2) is 50.6 Å². The van der Waals surface area contributed by atoms with Crippen molar-refractivity contribution in [2.24, 2.45) is 5.73 Å². The topological polar surface area (TPSA) is 80.0 Å². The van der Waals surface area contributed by atoms with Crippen LogP contribution in [0.15, 0.2) is 30.3 Å². The first-order chi connectivity index (χ1) is 10.6. The van der Waals surface area contributed by atoms with Crippen molar-refractivity contribution in [2.45, 2.75) is 37.7 Å². The van der Waals surface area contributed by atoms with Crippen molar-refractivity contribution in [3.8, 4) is 5.75 Å². The van der Waals surface area contributed by atoms with E-state index in [2.05, 4.69) is 0 Å². The second-order valence-electron chi connectivity index (χ2n) is 5.28. The molecular weight excluding hydrogens is 286 g/mol. The molecule has 0 amide bonds. The highest BCUT2D eigenvalue weighted by Gasteiger charge is 2.34. The molecule has 1 aliphatic rings. The van der Waals surface area contributed by atoms with Crippen molar-refractivity contribution >= 4 is 5.97 Å². The average molecular weight is 309 g/mol. The van der Waals surface area contributed by atoms with Crippen LogP contribution in [0.3, 0.4) is 0 Å². The Kier molecular flexibility index (Phi) is 6.18. The van der Waals surface area contributed by atoms with Crippen LogP contribution in [0, 0.1) is 0 Å². The van der Waals surface area contributed by atoms with Gasteiger partial charge >= 0.3 is 5.97 Å². The van der Waals surface area contributed by atoms with Crippen LogP contribution in [0.25, 0.3) is 0 Å². The third-order valence-electron chi connectivity index (χ3n) is 3.61. The highest BCUT2D eigenvalue weighted by Crippen LogP contribution is 2.19. The molecule has 2 rings (SSSR count). The van der Waals surface area contributed by atoms with Crippen LogP contribution >= 0.6 is 0 Å². The smallest absolute Gasteiger partial charge is 0.323 e. The fraction of sp³-hybridized carbons (Fsp3) is 0.562. The second-order valence-corrected chi connectivity index (χ2v) is 5.28. The van der Waals surface area contributed by atoms with E-state index < -0.39 is 24.2 Å². The fourth-order valence-corrected chi connectivity index (χ4v) is 2.29. The Balaban J connectivity index is 2.16. The number of nitrogens with two attached hydrogens (primary N) is 1. The maximum atomic E-state index is 11.9. The summed E-state index contributed by atoms with van der Waals surface area (Å²) in [5, 5.41) is 0. The van der Waals surface area contributed by atoms with Gasteiger partial charge in [-0.25, -0.2) is 0 Å². The Bertz CT molecular complexity index is 467. The first-order valence-corrected chi connectivity index (χ1v) is 7.40. The van der Waals surface area contributed by atoms with Gasteiger partial charge in [0.2, 0.25) is 0 Å². The summed E-state index contributed by atoms with van der Waals surface area (Å²) < 4.78 is 22.4. The van der Waals surface area contributed by atoms with Gasteiger partial charge in [-0.3, -0.25) is 4.79 Å². The van der Waals surface area contributed by atoms with E-state index in [9.17, 15) is 4.79 Å². The molecule has 0 unspecified atom stereocenters. The minimum Gasteiger partial charge on any atom is -0.484 e. The second kappa shape index (κ2) is 8.12. The summed E-state index contributed by atoms with van der Waals surface area (Å²) in [6.45, 7) is 2.50. The van der Waals surface area contributed by atoms with Crippen molar-refractivity contribution in [1.29, 1.82) is 0 Å². The number of esters is 1. The lowest BCUT2D eigenvalue weighted by atomic mass is 10.1. The largest absolute Gasteiger partial charge is 0.484 e. The normalized spacial score (nSPS) is 30.4. The number of rotatable bonds is 3. The molecule has 1 fully saturated rings. The summed E-state index contributed by atoms with van der Waals surface area (Å²) in [5.41, 5.74) is 5.77. The summed E-state index contributed by atoms with van der Waals surface area (Å²) in [7, 11) is 1.58. The maximum absolute atomic E-state index is 11.9. The molecule has 0 saturated carbocycles. The van der Waals surface area contributed by atoms with Crippen LogP contribution in [0.2, 0.25) is 0 Å². The van der Waals surface area contributed by atoms with E-state index in [0.717, 1.165) is 0 Å². The van der Waals surface area contributed by atoms with Crippen molar-refractivity contribution in [3.05, 3.63) is 30.3 Å². The lowest BCUT2D eigenvalue weighted by Gasteiger charge is -2.32. The molecule has 1 saturated heterocycles. The van der Waals surface area contributed by atoms with Crippen molar-refractivity contribution in [2.75, 3.05) is 20.3 Å². The van der Waals surface area contributed by atoms with Crippen LogP contribution in [0.1, 0.15) is 13.3 Å². The number of para-hydroxylation sites is 1. The van der Waals surface area contributed by atoms with E-state index in [-0.39, 0.29) is 6.10 Å². The molecule has 0 aromatic heterocycles. The van der Waals surface area contributed by atoms with Crippen molar-refractivity contribution in [1.82, 2.24) is 0 Å². The summed E-state index contributed by atoms with van der Waals surface area (Å²) in [6.07, 6.45) is -0.920. The minimum atomic E-state index is -0.682. The number of carbonyl (C=O) groups is 1. The van der Waals surface area contributed by atoms with Gasteiger partial charge in [0.05, 0.1) is 6.61 Å². The molecule has 4 atom stereocenters. The Labute approximate surface area is 130 Å². The Morgan fingerprint density at radius 3 is 2.68 bits per heavy atom. The SMILES string of the molecule is CO[C@H]1COCC[C@H](N)C(=O)O[C@@H](C)[C@@H]1Oc1ccccc1. The van der Waals surface area contributed by atoms with Crippen LogP contribution in [0.4, 0.5) is 0 Å². The molecule has 6 heteroatoms. The molecule has 22 heavy (non-hydrogen) atoms. The van der Waals surface area contributed by atoms with E-state index in [1.165, 1.54) is 0 Å². The molecule has 1 heterocycles. The summed E-state index contributed by atoms with van der Waals surface area (Å²) in [4.78, 5) is 11.9. The van der Waals surface area contributed by atoms with Gasteiger partial charge < -0.3 is 24.7 Å². The molecule has 0 radical (unpaired) electrons. The zero-order chi connectivity index (χ0) is 15.9. The number of cyclic esters (lactones) is 1. The van der Waals surface area contributed by atoms with Gasteiger partial charge in [0.15, 0.2) is 6.10 Å². The molecular formula is C16H23NO5. The molecule has 0 spiro atoms. The zero-order valence-corrected chi connectivity index (χ0v) is 12.9. The van der Waals surface area contributed by atoms with E-state index in [0.29, 0.717) is 25.4 Å². The molecule has 2 N–H and O–H groups in total. The predicted molar refractivity (Wildman–Crippen MR) is 80.6 cm³/mol. The Morgan fingerprint density at radius 2 is 2.00 bits per heavy atom. The summed E-state index contributed by atoms with van der Waals surface area (Å²) in [5.74, 6) is 0.230. The average Bonchev–Trinajstić information content (AvgIpc) is 2.53. The van der Waals surface area contributed by atoms with Crippen LogP contribution in [-0.2, 0) is 19.0 Å². The third-order valence-corrected chi connectivity index (χ3v) is 3.61. The lowest BCUT2D eigenvalue weighted by Crippen LogP contribution is -2.49. The number of hydrogen-bond donors (Lipinski definition) is 1. The molecule has 1 aliphatic heterocycles. The van der Waals surface area contributed by atoms with Gasteiger partial charge in [0.1, 0.15) is 24.0 Å². The van der Waals surface area contributed by atoms with Crippen molar-refractivity contribution < 1.29 is 23.7 Å². The van der Waals surface area contributed by atoms with Crippen molar-refractivity contribution in [3.63, 3.8) is 0 Å². The third kappa shape index (κ3) is 4.43. The molecule has 1 aromatic rings. The Hall–Kier alpha value is -1.63. The first kappa shape index (κ1) is 16.7. The Morgan fingerprint density at radius 1 is 1.27 bits per heavy atom. The monoisotopic (exact) mass is 309 g/mol. The maximum Gasteiger partial charge on any atom is 0.323 e. The molecule has 0 bridgehead atoms. The van der Waals surface area contributed by atoms with E-state index in [4.69, 9.17) is 24.7 Å². The van der Waals surface area contributed by atoms with Gasteiger partial charge in [-0.15, -0.1) is 0 Å². The fourth-order valence-electron chi connectivity index (χ4n) is 2.29. The predicted octanol–water partition coefficient (Wildman–Crippen LogP) is 1.13. The van der Waals surface area contributed by atoms with Crippen LogP contribution in [0.5, 0.6) is 5.75 Å². The summed E-state index contributed by atoms with van der Waals surface area (Å²) in [6, 6.07) is 8.65. The van der Waals surface area contributed by atoms with E-state index in [1.54, 1.807) is 14.0 Å². The molecule has 1 aromatic carbocycles. The molecule has 122 valence electrons. The molecule has 6 nitrogen and oxygen atoms in total. The van der Waals surface area contributed by atoms with Crippen LogP contribution < -0.4 is 10.5 Å². The number of benzene rings is 1. The first-order valence-electron chi connectivity index (χ1n) is 7.40. The summed E-state index contributed by atoms with van der Waals surface area (Å²) >= 11 is 0.